The third-order valence-electron chi connectivity index (χ3n) is 6.44. The largest absolute Gasteiger partial charge is 0.417 e. The SMILES string of the molecule is N#CC1(NC(=O)[C@@H]2C[C@@H](S(=O)(=O)c3ccccc3C(F)(F)F)C[C@H]2OCc2ccc(Cl)cc2)CC1. The third-order valence-corrected chi connectivity index (χ3v) is 8.92. The number of halogens is 4. The first-order valence-corrected chi connectivity index (χ1v) is 12.9. The molecule has 0 aliphatic heterocycles. The molecule has 6 nitrogen and oxygen atoms in total. The van der Waals surface area contributed by atoms with Crippen molar-refractivity contribution in [3.05, 3.63) is 64.7 Å². The topological polar surface area (TPSA) is 96.3 Å². The number of sulfone groups is 1. The average molecular weight is 527 g/mol. The number of alkyl halides is 3. The molecule has 0 unspecified atom stereocenters. The molecule has 0 aromatic heterocycles. The van der Waals surface area contributed by atoms with E-state index in [-0.39, 0.29) is 19.4 Å². The highest BCUT2D eigenvalue weighted by molar-refractivity contribution is 7.92. The average Bonchev–Trinajstić information content (AvgIpc) is 3.45. The summed E-state index contributed by atoms with van der Waals surface area (Å²) in [5, 5.41) is 11.3. The third kappa shape index (κ3) is 5.47. The molecule has 2 aliphatic carbocycles. The summed E-state index contributed by atoms with van der Waals surface area (Å²) in [5.41, 5.74) is -1.48. The Hall–Kier alpha value is -2.61. The van der Waals surface area contributed by atoms with Gasteiger partial charge in [-0.25, -0.2) is 8.42 Å². The van der Waals surface area contributed by atoms with E-state index in [1.807, 2.05) is 6.07 Å². The molecule has 1 N–H and O–H groups in total. The summed E-state index contributed by atoms with van der Waals surface area (Å²) in [6.45, 7) is 0.0565. The molecule has 4 rings (SSSR count). The van der Waals surface area contributed by atoms with Crippen LogP contribution in [0.1, 0.15) is 36.8 Å². The Kier molecular flexibility index (Phi) is 6.88. The van der Waals surface area contributed by atoms with Crippen LogP contribution < -0.4 is 5.32 Å². The smallest absolute Gasteiger partial charge is 0.373 e. The number of hydrogen-bond acceptors (Lipinski definition) is 5. The maximum Gasteiger partial charge on any atom is 0.417 e. The maximum atomic E-state index is 13.5. The van der Waals surface area contributed by atoms with Gasteiger partial charge in [0.25, 0.3) is 0 Å². The zero-order valence-corrected chi connectivity index (χ0v) is 20.0. The van der Waals surface area contributed by atoms with Gasteiger partial charge in [-0.3, -0.25) is 4.79 Å². The minimum absolute atomic E-state index is 0.0565. The van der Waals surface area contributed by atoms with Crippen molar-refractivity contribution in [2.75, 3.05) is 0 Å². The minimum Gasteiger partial charge on any atom is -0.373 e. The van der Waals surface area contributed by atoms with E-state index in [1.165, 1.54) is 6.07 Å². The lowest BCUT2D eigenvalue weighted by Gasteiger charge is -2.21. The van der Waals surface area contributed by atoms with E-state index in [0.717, 1.165) is 23.8 Å². The van der Waals surface area contributed by atoms with Crippen molar-refractivity contribution < 1.29 is 31.1 Å². The lowest BCUT2D eigenvalue weighted by molar-refractivity contribution is -0.140. The summed E-state index contributed by atoms with van der Waals surface area (Å²) in [5.74, 6) is -1.47. The van der Waals surface area contributed by atoms with Gasteiger partial charge < -0.3 is 10.1 Å². The summed E-state index contributed by atoms with van der Waals surface area (Å²) in [6.07, 6.45) is -5.11. The van der Waals surface area contributed by atoms with Gasteiger partial charge in [0.1, 0.15) is 5.54 Å². The van der Waals surface area contributed by atoms with Crippen LogP contribution >= 0.6 is 11.6 Å². The lowest BCUT2D eigenvalue weighted by atomic mass is 10.0. The molecule has 0 bridgehead atoms. The first-order chi connectivity index (χ1) is 16.4. The van der Waals surface area contributed by atoms with E-state index in [9.17, 15) is 31.6 Å². The number of ether oxygens (including phenoxy) is 1. The quantitative estimate of drug-likeness (QED) is 0.565. The Morgan fingerprint density at radius 1 is 1.14 bits per heavy atom. The summed E-state index contributed by atoms with van der Waals surface area (Å²) in [7, 11) is -4.44. The minimum atomic E-state index is -4.85. The van der Waals surface area contributed by atoms with Crippen LogP contribution in [0.25, 0.3) is 0 Å². The number of benzene rings is 2. The normalized spacial score (nSPS) is 23.5. The Balaban J connectivity index is 1.60. The molecule has 2 saturated carbocycles. The summed E-state index contributed by atoms with van der Waals surface area (Å²) in [4.78, 5) is 12.2. The lowest BCUT2D eigenvalue weighted by Crippen LogP contribution is -2.42. The molecule has 186 valence electrons. The van der Waals surface area contributed by atoms with Gasteiger partial charge in [-0.2, -0.15) is 18.4 Å². The first-order valence-electron chi connectivity index (χ1n) is 10.9. The Morgan fingerprint density at radius 2 is 1.80 bits per heavy atom. The number of hydrogen-bond donors (Lipinski definition) is 1. The van der Waals surface area contributed by atoms with Crippen molar-refractivity contribution in [1.29, 1.82) is 5.26 Å². The van der Waals surface area contributed by atoms with E-state index >= 15 is 0 Å². The van der Waals surface area contributed by atoms with E-state index < -0.39 is 55.2 Å². The number of rotatable bonds is 7. The second-order valence-corrected chi connectivity index (χ2v) is 11.5. The highest BCUT2D eigenvalue weighted by Gasteiger charge is 2.51. The van der Waals surface area contributed by atoms with Crippen LogP contribution in [0.2, 0.25) is 5.02 Å². The predicted molar refractivity (Wildman–Crippen MR) is 121 cm³/mol. The van der Waals surface area contributed by atoms with Crippen molar-refractivity contribution >= 4 is 27.3 Å². The fraction of sp³-hybridized carbons (Fsp3) is 0.417. The number of carbonyl (C=O) groups excluding carboxylic acids is 1. The second-order valence-electron chi connectivity index (χ2n) is 8.90. The molecule has 2 aromatic carbocycles. The van der Waals surface area contributed by atoms with E-state index in [4.69, 9.17) is 16.3 Å². The van der Waals surface area contributed by atoms with E-state index in [2.05, 4.69) is 5.32 Å². The molecule has 3 atom stereocenters. The number of amides is 1. The van der Waals surface area contributed by atoms with Crippen LogP contribution in [0.15, 0.2) is 53.4 Å². The fourth-order valence-electron chi connectivity index (χ4n) is 4.30. The van der Waals surface area contributed by atoms with E-state index in [0.29, 0.717) is 17.9 Å². The molecule has 11 heteroatoms. The molecule has 1 amide bonds. The van der Waals surface area contributed by atoms with Crippen LogP contribution in [0.3, 0.4) is 0 Å². The standard InChI is InChI=1S/C24H22ClF3N2O4S/c25-16-7-5-15(6-8-16)13-34-20-12-17(11-18(20)22(31)30-23(14-29)9-10-23)35(32,33)21-4-2-1-3-19(21)24(26,27)28/h1-8,17-18,20H,9-13H2,(H,30,31)/t17-,18-,20-/m1/s1. The zero-order valence-electron chi connectivity index (χ0n) is 18.4. The molecule has 0 spiro atoms. The van der Waals surface area contributed by atoms with Crippen molar-refractivity contribution in [1.82, 2.24) is 5.32 Å². The van der Waals surface area contributed by atoms with Gasteiger partial charge in [0.2, 0.25) is 5.91 Å². The van der Waals surface area contributed by atoms with Gasteiger partial charge >= 0.3 is 6.18 Å². The van der Waals surface area contributed by atoms with Crippen molar-refractivity contribution in [3.63, 3.8) is 0 Å². The maximum absolute atomic E-state index is 13.5. The molecule has 2 fully saturated rings. The highest BCUT2D eigenvalue weighted by atomic mass is 35.5. The molecule has 2 aromatic rings. The molecule has 35 heavy (non-hydrogen) atoms. The van der Waals surface area contributed by atoms with Crippen molar-refractivity contribution in [2.24, 2.45) is 5.92 Å². The van der Waals surface area contributed by atoms with Crippen LogP contribution in [-0.4, -0.2) is 31.2 Å². The van der Waals surface area contributed by atoms with Gasteiger partial charge in [0, 0.05) is 5.02 Å². The van der Waals surface area contributed by atoms with Crippen molar-refractivity contribution in [2.45, 2.75) is 60.3 Å². The molecule has 0 saturated heterocycles. The van der Waals surface area contributed by atoms with Gasteiger partial charge in [-0.15, -0.1) is 0 Å². The first kappa shape index (κ1) is 25.5. The summed E-state index contributed by atoms with van der Waals surface area (Å²) in [6, 6.07) is 12.8. The predicted octanol–water partition coefficient (Wildman–Crippen LogP) is 4.67. The number of nitrogens with one attached hydrogen (secondary N) is 1. The molecular formula is C24H22ClF3N2O4S. The van der Waals surface area contributed by atoms with Crippen LogP contribution in [0.5, 0.6) is 0 Å². The van der Waals surface area contributed by atoms with Gasteiger partial charge in [-0.05, 0) is 55.5 Å². The summed E-state index contributed by atoms with van der Waals surface area (Å²) >= 11 is 5.89. The Labute approximate surface area is 205 Å². The Bertz CT molecular complexity index is 1250. The van der Waals surface area contributed by atoms with Gasteiger partial charge in [0.15, 0.2) is 9.84 Å². The second kappa shape index (κ2) is 9.45. The summed E-state index contributed by atoms with van der Waals surface area (Å²) < 4.78 is 73.1. The van der Waals surface area contributed by atoms with Gasteiger partial charge in [-0.1, -0.05) is 35.9 Å². The zero-order chi connectivity index (χ0) is 25.4. The fourth-order valence-corrected chi connectivity index (χ4v) is 6.45. The van der Waals surface area contributed by atoms with Crippen molar-refractivity contribution in [3.8, 4) is 6.07 Å². The van der Waals surface area contributed by atoms with Gasteiger partial charge in [0.05, 0.1) is 40.4 Å². The van der Waals surface area contributed by atoms with Crippen LogP contribution in [0.4, 0.5) is 13.2 Å². The van der Waals surface area contributed by atoms with Crippen LogP contribution in [-0.2, 0) is 32.2 Å². The molecule has 0 radical (unpaired) electrons. The number of nitrogens with zero attached hydrogens (tertiary/aromatic N) is 1. The molecule has 0 heterocycles. The Morgan fingerprint density at radius 3 is 2.40 bits per heavy atom. The highest BCUT2D eigenvalue weighted by Crippen LogP contribution is 2.42. The molecular weight excluding hydrogens is 505 g/mol. The van der Waals surface area contributed by atoms with E-state index in [1.54, 1.807) is 24.3 Å². The monoisotopic (exact) mass is 526 g/mol. The van der Waals surface area contributed by atoms with Crippen LogP contribution in [0, 0.1) is 17.2 Å². The number of carbonyl (C=O) groups is 1. The number of nitriles is 1. The molecule has 2 aliphatic rings.